The third-order valence-electron chi connectivity index (χ3n) is 4.33. The van der Waals surface area contributed by atoms with Crippen molar-refractivity contribution in [3.8, 4) is 0 Å². The Morgan fingerprint density at radius 2 is 1.92 bits per heavy atom. The van der Waals surface area contributed by atoms with Crippen LogP contribution in [0, 0.1) is 0 Å². The van der Waals surface area contributed by atoms with Gasteiger partial charge in [0.1, 0.15) is 6.10 Å². The molecule has 24 heavy (non-hydrogen) atoms. The summed E-state index contributed by atoms with van der Waals surface area (Å²) in [5.41, 5.74) is 0. The summed E-state index contributed by atoms with van der Waals surface area (Å²) in [5, 5.41) is 38.8. The molecule has 0 bridgehead atoms. The number of hydrogen-bond donors (Lipinski definition) is 4. The molecular weight excluding hydrogens is 312 g/mol. The number of rotatable bonds is 4. The standard InChI is InChI=1S/C18H32O6/c1-13(19)6-5-9-15-8-4-2-3-7-14(20)12-17(22)16(21)10-11-18(23)24-15/h10-11,13-17,19-22H,2-9,12H2,1H3/t13?,14-,15+,16-,17+/m1/s1. The Labute approximate surface area is 144 Å². The molecule has 0 aromatic carbocycles. The van der Waals surface area contributed by atoms with Gasteiger partial charge in [-0.15, -0.1) is 0 Å². The predicted octanol–water partition coefficient (Wildman–Crippen LogP) is 1.44. The van der Waals surface area contributed by atoms with Crippen LogP contribution in [0.5, 0.6) is 0 Å². The van der Waals surface area contributed by atoms with Crippen LogP contribution in [0.15, 0.2) is 12.2 Å². The summed E-state index contributed by atoms with van der Waals surface area (Å²) in [5.74, 6) is -0.541. The highest BCUT2D eigenvalue weighted by Crippen LogP contribution is 2.18. The summed E-state index contributed by atoms with van der Waals surface area (Å²) in [6, 6.07) is 0. The lowest BCUT2D eigenvalue weighted by Gasteiger charge is -2.20. The number of carbonyl (C=O) groups excluding carboxylic acids is 1. The van der Waals surface area contributed by atoms with Crippen molar-refractivity contribution in [3.63, 3.8) is 0 Å². The first-order valence-corrected chi connectivity index (χ1v) is 8.99. The molecule has 1 aliphatic rings. The summed E-state index contributed by atoms with van der Waals surface area (Å²) in [6.45, 7) is 1.74. The summed E-state index contributed by atoms with van der Waals surface area (Å²) in [4.78, 5) is 11.9. The van der Waals surface area contributed by atoms with Crippen molar-refractivity contribution in [1.29, 1.82) is 0 Å². The first-order chi connectivity index (χ1) is 11.4. The molecule has 0 saturated heterocycles. The fraction of sp³-hybridized carbons (Fsp3) is 0.833. The summed E-state index contributed by atoms with van der Waals surface area (Å²) in [7, 11) is 0. The lowest BCUT2D eigenvalue weighted by Crippen LogP contribution is -2.29. The average molecular weight is 344 g/mol. The van der Waals surface area contributed by atoms with Gasteiger partial charge in [-0.2, -0.15) is 0 Å². The van der Waals surface area contributed by atoms with Gasteiger partial charge in [0.15, 0.2) is 0 Å². The number of esters is 1. The van der Waals surface area contributed by atoms with Gasteiger partial charge in [-0.1, -0.05) is 12.8 Å². The second-order valence-electron chi connectivity index (χ2n) is 6.78. The van der Waals surface area contributed by atoms with Crippen molar-refractivity contribution < 1.29 is 30.0 Å². The van der Waals surface area contributed by atoms with Gasteiger partial charge in [0, 0.05) is 12.5 Å². The van der Waals surface area contributed by atoms with Crippen LogP contribution in [0.2, 0.25) is 0 Å². The van der Waals surface area contributed by atoms with E-state index in [0.717, 1.165) is 38.2 Å². The minimum Gasteiger partial charge on any atom is -0.459 e. The SMILES string of the molecule is CC(O)CCC[C@@H]1CCCCC[C@@H](O)C[C@H](O)[C@H](O)C=CC(=O)O1. The van der Waals surface area contributed by atoms with Crippen LogP contribution in [-0.4, -0.2) is 56.9 Å². The quantitative estimate of drug-likeness (QED) is 0.575. The summed E-state index contributed by atoms with van der Waals surface area (Å²) < 4.78 is 5.43. The second-order valence-corrected chi connectivity index (χ2v) is 6.78. The van der Waals surface area contributed by atoms with Gasteiger partial charge in [-0.25, -0.2) is 4.79 Å². The first-order valence-electron chi connectivity index (χ1n) is 8.99. The van der Waals surface area contributed by atoms with E-state index in [2.05, 4.69) is 0 Å². The van der Waals surface area contributed by atoms with E-state index < -0.39 is 24.3 Å². The van der Waals surface area contributed by atoms with E-state index in [1.54, 1.807) is 6.92 Å². The van der Waals surface area contributed by atoms with Crippen molar-refractivity contribution in [1.82, 2.24) is 0 Å². The maximum atomic E-state index is 11.9. The molecule has 140 valence electrons. The van der Waals surface area contributed by atoms with Gasteiger partial charge < -0.3 is 25.2 Å². The summed E-state index contributed by atoms with van der Waals surface area (Å²) >= 11 is 0. The monoisotopic (exact) mass is 344 g/mol. The maximum Gasteiger partial charge on any atom is 0.330 e. The number of hydrogen-bond acceptors (Lipinski definition) is 6. The molecule has 0 aromatic heterocycles. The minimum atomic E-state index is -1.20. The molecule has 4 N–H and O–H groups in total. The van der Waals surface area contributed by atoms with Gasteiger partial charge in [0.2, 0.25) is 0 Å². The Bertz CT molecular complexity index is 382. The fourth-order valence-electron chi connectivity index (χ4n) is 2.88. The van der Waals surface area contributed by atoms with E-state index >= 15 is 0 Å². The third-order valence-corrected chi connectivity index (χ3v) is 4.33. The van der Waals surface area contributed by atoms with E-state index in [0.29, 0.717) is 19.3 Å². The molecule has 1 heterocycles. The average Bonchev–Trinajstić information content (AvgIpc) is 2.50. The van der Waals surface area contributed by atoms with E-state index in [9.17, 15) is 25.2 Å². The molecule has 6 heteroatoms. The van der Waals surface area contributed by atoms with Gasteiger partial charge in [-0.3, -0.25) is 0 Å². The minimum absolute atomic E-state index is 0.0858. The second kappa shape index (κ2) is 11.6. The predicted molar refractivity (Wildman–Crippen MR) is 90.3 cm³/mol. The molecule has 0 aromatic rings. The van der Waals surface area contributed by atoms with Gasteiger partial charge in [0.05, 0.1) is 24.4 Å². The van der Waals surface area contributed by atoms with Crippen LogP contribution in [0.4, 0.5) is 0 Å². The molecule has 0 fully saturated rings. The van der Waals surface area contributed by atoms with Crippen LogP contribution in [-0.2, 0) is 9.53 Å². The zero-order chi connectivity index (χ0) is 17.9. The molecule has 0 amide bonds. The maximum absolute atomic E-state index is 11.9. The van der Waals surface area contributed by atoms with E-state index in [1.807, 2.05) is 0 Å². The Morgan fingerprint density at radius 1 is 1.21 bits per heavy atom. The first kappa shape index (κ1) is 21.1. The Balaban J connectivity index is 2.63. The lowest BCUT2D eigenvalue weighted by atomic mass is 9.99. The lowest BCUT2D eigenvalue weighted by molar-refractivity contribution is -0.143. The molecule has 5 atom stereocenters. The largest absolute Gasteiger partial charge is 0.459 e. The summed E-state index contributed by atoms with van der Waals surface area (Å²) in [6.07, 6.45) is 5.00. The van der Waals surface area contributed by atoms with Crippen molar-refractivity contribution in [2.24, 2.45) is 0 Å². The van der Waals surface area contributed by atoms with Crippen molar-refractivity contribution >= 4 is 5.97 Å². The van der Waals surface area contributed by atoms with E-state index in [1.165, 1.54) is 6.08 Å². The third kappa shape index (κ3) is 9.37. The van der Waals surface area contributed by atoms with Gasteiger partial charge >= 0.3 is 5.97 Å². The number of carbonyl (C=O) groups is 1. The molecule has 1 unspecified atom stereocenters. The fourth-order valence-corrected chi connectivity index (χ4v) is 2.88. The van der Waals surface area contributed by atoms with Gasteiger partial charge in [-0.05, 0) is 51.5 Å². The Morgan fingerprint density at radius 3 is 2.62 bits per heavy atom. The Kier molecular flexibility index (Phi) is 10.2. The molecule has 6 nitrogen and oxygen atoms in total. The molecule has 0 aliphatic carbocycles. The van der Waals surface area contributed by atoms with Crippen LogP contribution in [0.1, 0.15) is 64.7 Å². The highest BCUT2D eigenvalue weighted by molar-refractivity contribution is 5.82. The van der Waals surface area contributed by atoms with Crippen molar-refractivity contribution in [2.75, 3.05) is 0 Å². The smallest absolute Gasteiger partial charge is 0.330 e. The molecule has 0 radical (unpaired) electrons. The van der Waals surface area contributed by atoms with E-state index in [-0.39, 0.29) is 18.6 Å². The topological polar surface area (TPSA) is 107 Å². The highest BCUT2D eigenvalue weighted by atomic mass is 16.5. The molecule has 0 spiro atoms. The molecule has 0 saturated carbocycles. The number of aliphatic hydroxyl groups is 4. The molecule has 1 aliphatic heterocycles. The molecular formula is C18H32O6. The zero-order valence-electron chi connectivity index (χ0n) is 14.5. The van der Waals surface area contributed by atoms with Gasteiger partial charge in [0.25, 0.3) is 0 Å². The highest BCUT2D eigenvalue weighted by Gasteiger charge is 2.20. The van der Waals surface area contributed by atoms with Crippen molar-refractivity contribution in [3.05, 3.63) is 12.2 Å². The molecule has 1 rings (SSSR count). The number of cyclic esters (lactones) is 1. The van der Waals surface area contributed by atoms with Crippen LogP contribution >= 0.6 is 0 Å². The number of aliphatic hydroxyl groups excluding tert-OH is 4. The van der Waals surface area contributed by atoms with Crippen LogP contribution < -0.4 is 0 Å². The normalized spacial score (nSPS) is 32.0. The number of ether oxygens (including phenoxy) is 1. The van der Waals surface area contributed by atoms with Crippen molar-refractivity contribution in [2.45, 2.75) is 95.2 Å². The van der Waals surface area contributed by atoms with E-state index in [4.69, 9.17) is 4.74 Å². The Hall–Kier alpha value is -0.950. The van der Waals surface area contributed by atoms with Crippen LogP contribution in [0.3, 0.4) is 0 Å². The zero-order valence-corrected chi connectivity index (χ0v) is 14.5. The van der Waals surface area contributed by atoms with Crippen LogP contribution in [0.25, 0.3) is 0 Å².